The highest BCUT2D eigenvalue weighted by Crippen LogP contribution is 2.19. The van der Waals surface area contributed by atoms with Crippen molar-refractivity contribution in [3.05, 3.63) is 71.8 Å². The molecular formula is C26H35ClN4O3. The summed E-state index contributed by atoms with van der Waals surface area (Å²) in [6, 6.07) is 18.0. The van der Waals surface area contributed by atoms with E-state index in [1.54, 1.807) is 11.8 Å². The number of rotatable bonds is 8. The molecule has 3 rings (SSSR count). The van der Waals surface area contributed by atoms with E-state index in [2.05, 4.69) is 10.6 Å². The number of nitrogens with one attached hydrogen (secondary N) is 2. The predicted molar refractivity (Wildman–Crippen MR) is 135 cm³/mol. The fourth-order valence-corrected chi connectivity index (χ4v) is 4.11. The van der Waals surface area contributed by atoms with Crippen LogP contribution in [0.25, 0.3) is 0 Å². The number of benzene rings is 2. The second kappa shape index (κ2) is 13.1. The molecule has 34 heavy (non-hydrogen) atoms. The van der Waals surface area contributed by atoms with E-state index in [9.17, 15) is 14.4 Å². The van der Waals surface area contributed by atoms with Crippen molar-refractivity contribution in [1.82, 2.24) is 15.5 Å². The highest BCUT2D eigenvalue weighted by Gasteiger charge is 2.31. The third kappa shape index (κ3) is 7.57. The van der Waals surface area contributed by atoms with Gasteiger partial charge in [0.2, 0.25) is 17.7 Å². The molecule has 0 aromatic heterocycles. The van der Waals surface area contributed by atoms with Crippen molar-refractivity contribution >= 4 is 30.1 Å². The van der Waals surface area contributed by atoms with E-state index in [0.717, 1.165) is 11.1 Å². The molecule has 1 unspecified atom stereocenters. The number of carbonyl (C=O) groups is 3. The summed E-state index contributed by atoms with van der Waals surface area (Å²) in [5.41, 5.74) is 8.18. The predicted octanol–water partition coefficient (Wildman–Crippen LogP) is 2.60. The Hall–Kier alpha value is -2.90. The van der Waals surface area contributed by atoms with Crippen LogP contribution in [0.2, 0.25) is 0 Å². The van der Waals surface area contributed by atoms with Gasteiger partial charge in [0.1, 0.15) is 6.04 Å². The van der Waals surface area contributed by atoms with E-state index in [0.29, 0.717) is 32.4 Å². The van der Waals surface area contributed by atoms with Gasteiger partial charge >= 0.3 is 0 Å². The Kier molecular flexibility index (Phi) is 10.5. The summed E-state index contributed by atoms with van der Waals surface area (Å²) in [5.74, 6) is -0.675. The number of nitrogens with two attached hydrogens (primary N) is 1. The minimum Gasteiger partial charge on any atom is -0.348 e. The first-order valence-corrected chi connectivity index (χ1v) is 11.6. The van der Waals surface area contributed by atoms with Crippen LogP contribution in [-0.2, 0) is 20.8 Å². The zero-order chi connectivity index (χ0) is 23.8. The molecule has 4 N–H and O–H groups in total. The van der Waals surface area contributed by atoms with Crippen LogP contribution >= 0.6 is 12.4 Å². The number of likely N-dealkylation sites (tertiary alicyclic amines) is 1. The number of hydrogen-bond donors (Lipinski definition) is 3. The van der Waals surface area contributed by atoms with Crippen LogP contribution in [0, 0.1) is 5.92 Å². The third-order valence-electron chi connectivity index (χ3n) is 6.20. The number of halogens is 1. The molecule has 2 aromatic rings. The first-order valence-electron chi connectivity index (χ1n) is 11.6. The Morgan fingerprint density at radius 3 is 2.09 bits per heavy atom. The van der Waals surface area contributed by atoms with Crippen molar-refractivity contribution in [3.8, 4) is 0 Å². The largest absolute Gasteiger partial charge is 0.348 e. The van der Waals surface area contributed by atoms with Gasteiger partial charge in [0.15, 0.2) is 0 Å². The smallest absolute Gasteiger partial charge is 0.242 e. The lowest BCUT2D eigenvalue weighted by atomic mass is 9.94. The first kappa shape index (κ1) is 27.3. The minimum atomic E-state index is -0.636. The molecule has 0 spiro atoms. The van der Waals surface area contributed by atoms with Gasteiger partial charge in [0.05, 0.1) is 12.1 Å². The maximum atomic E-state index is 12.7. The molecule has 184 valence electrons. The van der Waals surface area contributed by atoms with Gasteiger partial charge in [-0.05, 0) is 44.2 Å². The zero-order valence-electron chi connectivity index (χ0n) is 19.8. The van der Waals surface area contributed by atoms with Crippen molar-refractivity contribution in [1.29, 1.82) is 0 Å². The number of hydrogen-bond acceptors (Lipinski definition) is 4. The normalized spacial score (nSPS) is 16.5. The lowest BCUT2D eigenvalue weighted by Gasteiger charge is -2.33. The molecule has 8 heteroatoms. The summed E-state index contributed by atoms with van der Waals surface area (Å²) in [6.45, 7) is 4.58. The van der Waals surface area contributed by atoms with E-state index in [4.69, 9.17) is 5.73 Å². The van der Waals surface area contributed by atoms with Crippen LogP contribution in [0.1, 0.15) is 43.9 Å². The van der Waals surface area contributed by atoms with E-state index < -0.39 is 12.1 Å². The van der Waals surface area contributed by atoms with Crippen molar-refractivity contribution in [3.63, 3.8) is 0 Å². The molecule has 2 aromatic carbocycles. The van der Waals surface area contributed by atoms with E-state index in [1.165, 1.54) is 0 Å². The fraction of sp³-hybridized carbons (Fsp3) is 0.423. The van der Waals surface area contributed by atoms with Crippen molar-refractivity contribution < 1.29 is 14.4 Å². The molecule has 3 atom stereocenters. The van der Waals surface area contributed by atoms with E-state index in [-0.39, 0.29) is 42.1 Å². The highest BCUT2D eigenvalue weighted by atomic mass is 35.5. The standard InChI is InChI=1S/C26H34N4O3.ClH/c1-18(21-11-7-4-8-12-21)28-24(31)19(2)29-25(32)22-13-15-30(16-14-22)26(33)23(27)17-20-9-5-3-6-10-20;/h3-12,18-19,22-23H,13-17,27H2,1-2H3,(H,28,31)(H,29,32);1H/t18?,19-,23-;/m0./s1. The van der Waals surface area contributed by atoms with Crippen molar-refractivity contribution in [2.24, 2.45) is 11.7 Å². The molecule has 0 bridgehead atoms. The van der Waals surface area contributed by atoms with Crippen LogP contribution in [0.5, 0.6) is 0 Å². The van der Waals surface area contributed by atoms with Crippen LogP contribution in [0.4, 0.5) is 0 Å². The molecule has 1 saturated heterocycles. The van der Waals surface area contributed by atoms with Gasteiger partial charge in [-0.1, -0.05) is 60.7 Å². The summed E-state index contributed by atoms with van der Waals surface area (Å²) in [7, 11) is 0. The summed E-state index contributed by atoms with van der Waals surface area (Å²) in [5, 5.41) is 5.76. The van der Waals surface area contributed by atoms with Gasteiger partial charge < -0.3 is 21.3 Å². The van der Waals surface area contributed by atoms with Crippen molar-refractivity contribution in [2.75, 3.05) is 13.1 Å². The summed E-state index contributed by atoms with van der Waals surface area (Å²) >= 11 is 0. The number of carbonyl (C=O) groups excluding carboxylic acids is 3. The molecule has 3 amide bonds. The molecule has 1 heterocycles. The molecule has 0 aliphatic carbocycles. The summed E-state index contributed by atoms with van der Waals surface area (Å²) < 4.78 is 0. The first-order chi connectivity index (χ1) is 15.8. The lowest BCUT2D eigenvalue weighted by molar-refractivity contribution is -0.137. The maximum absolute atomic E-state index is 12.7. The maximum Gasteiger partial charge on any atom is 0.242 e. The molecule has 7 nitrogen and oxygen atoms in total. The zero-order valence-corrected chi connectivity index (χ0v) is 20.6. The Morgan fingerprint density at radius 2 is 1.50 bits per heavy atom. The van der Waals surface area contributed by atoms with Gasteiger partial charge in [-0.25, -0.2) is 0 Å². The average molecular weight is 487 g/mol. The second-order valence-corrected chi connectivity index (χ2v) is 8.77. The minimum absolute atomic E-state index is 0. The number of amides is 3. The highest BCUT2D eigenvalue weighted by molar-refractivity contribution is 5.88. The second-order valence-electron chi connectivity index (χ2n) is 8.77. The molecule has 1 aliphatic heterocycles. The molecular weight excluding hydrogens is 452 g/mol. The average Bonchev–Trinajstić information content (AvgIpc) is 2.84. The third-order valence-corrected chi connectivity index (χ3v) is 6.20. The van der Waals surface area contributed by atoms with Crippen LogP contribution in [0.3, 0.4) is 0 Å². The Morgan fingerprint density at radius 1 is 0.941 bits per heavy atom. The quantitative estimate of drug-likeness (QED) is 0.533. The van der Waals surface area contributed by atoms with Crippen LogP contribution in [0.15, 0.2) is 60.7 Å². The molecule has 1 aliphatic rings. The fourth-order valence-electron chi connectivity index (χ4n) is 4.11. The number of piperidine rings is 1. The summed E-state index contributed by atoms with van der Waals surface area (Å²) in [6.07, 6.45) is 1.61. The molecule has 0 saturated carbocycles. The molecule has 1 fully saturated rings. The summed E-state index contributed by atoms with van der Waals surface area (Å²) in [4.78, 5) is 39.7. The van der Waals surface area contributed by atoms with Crippen LogP contribution < -0.4 is 16.4 Å². The van der Waals surface area contributed by atoms with Gasteiger partial charge in [-0.15, -0.1) is 12.4 Å². The molecule has 0 radical (unpaired) electrons. The van der Waals surface area contributed by atoms with Gasteiger partial charge in [0, 0.05) is 19.0 Å². The lowest BCUT2D eigenvalue weighted by Crippen LogP contribution is -2.51. The van der Waals surface area contributed by atoms with Gasteiger partial charge in [-0.3, -0.25) is 14.4 Å². The monoisotopic (exact) mass is 486 g/mol. The topological polar surface area (TPSA) is 105 Å². The SMILES string of the molecule is CC(NC(=O)[C@H](C)NC(=O)C1CCN(C(=O)[C@@H](N)Cc2ccccc2)CC1)c1ccccc1.Cl. The van der Waals surface area contributed by atoms with E-state index in [1.807, 2.05) is 67.6 Å². The number of nitrogens with zero attached hydrogens (tertiary/aromatic N) is 1. The van der Waals surface area contributed by atoms with Crippen LogP contribution in [-0.4, -0.2) is 47.8 Å². The Bertz CT molecular complexity index is 934. The van der Waals surface area contributed by atoms with Crippen molar-refractivity contribution in [2.45, 2.75) is 51.2 Å². The van der Waals surface area contributed by atoms with Gasteiger partial charge in [-0.2, -0.15) is 0 Å². The van der Waals surface area contributed by atoms with E-state index >= 15 is 0 Å². The Balaban J connectivity index is 0.00000408. The Labute approximate surface area is 207 Å². The van der Waals surface area contributed by atoms with Gasteiger partial charge in [0.25, 0.3) is 0 Å².